The number of hydrogen-bond acceptors (Lipinski definition) is 1. The molecule has 0 radical (unpaired) electrons. The zero-order valence-corrected chi connectivity index (χ0v) is 21.5. The lowest BCUT2D eigenvalue weighted by Crippen LogP contribution is -2.74. The van der Waals surface area contributed by atoms with Crippen LogP contribution < -0.4 is 0 Å². The summed E-state index contributed by atoms with van der Waals surface area (Å²) >= 11 is 0.447. The molecule has 0 rings (SSSR count). The summed E-state index contributed by atoms with van der Waals surface area (Å²) in [5.74, 6) is -57.0. The van der Waals surface area contributed by atoms with Crippen LogP contribution in [0.2, 0.25) is 0 Å². The minimum absolute atomic E-state index is 0.0498. The molecule has 0 aliphatic carbocycles. The van der Waals surface area contributed by atoms with Gasteiger partial charge in [-0.3, -0.25) is 0 Å². The van der Waals surface area contributed by atoms with Gasteiger partial charge in [-0.05, 0) is 18.6 Å². The van der Waals surface area contributed by atoms with E-state index < -0.39 is 59.8 Å². The topological polar surface area (TPSA) is 0 Å². The highest BCUT2D eigenvalue weighted by Crippen LogP contribution is 2.64. The van der Waals surface area contributed by atoms with E-state index in [0.29, 0.717) is 22.8 Å². The summed E-state index contributed by atoms with van der Waals surface area (Å²) < 4.78 is 226. The van der Waals surface area contributed by atoms with Crippen LogP contribution in [0, 0.1) is 0 Å². The predicted molar refractivity (Wildman–Crippen MR) is 109 cm³/mol. The molecule has 0 fully saturated rings. The fraction of sp³-hybridized carbons (Fsp3) is 1.00. The van der Waals surface area contributed by atoms with Crippen LogP contribution in [0.25, 0.3) is 0 Å². The molecule has 0 aromatic rings. The van der Waals surface area contributed by atoms with E-state index in [-0.39, 0.29) is 12.3 Å². The molecule has 0 saturated carbocycles. The Labute approximate surface area is 217 Å². The molecular weight excluding hydrogens is 609 g/mol. The molecule has 19 heteroatoms. The van der Waals surface area contributed by atoms with Crippen molar-refractivity contribution in [2.75, 3.05) is 38.7 Å². The average molecular weight is 636 g/mol. The quantitative estimate of drug-likeness (QED) is 0.0874. The second-order valence-corrected chi connectivity index (χ2v) is 10.7. The molecule has 0 heterocycles. The Morgan fingerprint density at radius 3 is 1.31 bits per heavy atom. The maximum Gasteiger partial charge on any atom is 0.460 e. The highest BCUT2D eigenvalue weighted by molar-refractivity contribution is 7.99. The van der Waals surface area contributed by atoms with Gasteiger partial charge in [-0.15, -0.1) is 0 Å². The highest BCUT2D eigenvalue weighted by atomic mass is 32.2. The van der Waals surface area contributed by atoms with E-state index >= 15 is 0 Å². The predicted octanol–water partition coefficient (Wildman–Crippen LogP) is 8.78. The summed E-state index contributed by atoms with van der Waals surface area (Å²) in [7, 11) is 3.44. The Balaban J connectivity index is 5.69. The molecule has 0 aromatic heterocycles. The second-order valence-electron chi connectivity index (χ2n) is 9.45. The summed E-state index contributed by atoms with van der Waals surface area (Å²) in [4.78, 5) is 0. The first-order valence-corrected chi connectivity index (χ1v) is 12.3. The minimum atomic E-state index is -8.59. The molecule has 0 atom stereocenters. The third kappa shape index (κ3) is 7.31. The summed E-state index contributed by atoms with van der Waals surface area (Å²) in [5, 5.41) is 0. The van der Waals surface area contributed by atoms with Crippen LogP contribution in [0.1, 0.15) is 39.0 Å². The van der Waals surface area contributed by atoms with Crippen LogP contribution in [-0.4, -0.2) is 90.8 Å². The van der Waals surface area contributed by atoms with Gasteiger partial charge in [0.2, 0.25) is 0 Å². The first kappa shape index (κ1) is 38.1. The summed E-state index contributed by atoms with van der Waals surface area (Å²) in [6, 6.07) is 0. The number of hydrogen-bond donors (Lipinski definition) is 0. The van der Waals surface area contributed by atoms with Gasteiger partial charge < -0.3 is 4.48 Å². The van der Waals surface area contributed by atoms with Crippen LogP contribution in [0.3, 0.4) is 0 Å². The first-order valence-electron chi connectivity index (χ1n) is 11.1. The largest absolute Gasteiger partial charge is 0.460 e. The van der Waals surface area contributed by atoms with E-state index in [2.05, 4.69) is 0 Å². The number of alkyl halides is 17. The SMILES string of the molecule is CCCCCC[N+](C)(C)CCSCCC(F)(F)C(F)(F)C(F)(F)C(F)(F)C(F)(F)C(F)(F)C(F)(F)C(F)(F)F. The van der Waals surface area contributed by atoms with Crippen LogP contribution in [0.4, 0.5) is 74.6 Å². The molecule has 0 amide bonds. The van der Waals surface area contributed by atoms with E-state index in [9.17, 15) is 74.6 Å². The van der Waals surface area contributed by atoms with Crippen LogP contribution in [0.15, 0.2) is 0 Å². The molecule has 39 heavy (non-hydrogen) atoms. The normalized spacial score (nSPS) is 15.7. The minimum Gasteiger partial charge on any atom is -0.328 e. The third-order valence-corrected chi connectivity index (χ3v) is 6.77. The molecule has 0 N–H and O–H groups in total. The Hall–Kier alpha value is -0.880. The molecule has 0 spiro atoms. The van der Waals surface area contributed by atoms with Crippen LogP contribution in [0.5, 0.6) is 0 Å². The van der Waals surface area contributed by atoms with Crippen LogP contribution >= 0.6 is 11.8 Å². The Kier molecular flexibility index (Phi) is 11.9. The highest BCUT2D eigenvalue weighted by Gasteiger charge is 2.95. The molecule has 1 nitrogen and oxygen atoms in total. The Bertz CT molecular complexity index is 777. The molecule has 0 saturated heterocycles. The van der Waals surface area contributed by atoms with Gasteiger partial charge in [0.15, 0.2) is 0 Å². The zero-order chi connectivity index (χ0) is 31.6. The number of quaternary nitrogens is 1. The molecular formula is C20H27F17NS+. The fourth-order valence-corrected chi connectivity index (χ4v) is 4.27. The standard InChI is InChI=1S/C20H27F17NS/c1-4-5-6-7-9-38(2,3)10-12-39-11-8-13(21,22)14(23,24)15(25,26)16(27,28)17(29,30)18(31,32)19(33,34)20(35,36)37/h4-12H2,1-3H3/q+1. The van der Waals surface area contributed by atoms with Crippen molar-refractivity contribution < 1.29 is 79.1 Å². The number of unbranched alkanes of at least 4 members (excludes halogenated alkanes) is 3. The van der Waals surface area contributed by atoms with Gasteiger partial charge in [0, 0.05) is 12.2 Å². The van der Waals surface area contributed by atoms with Crippen molar-refractivity contribution in [3.8, 4) is 0 Å². The van der Waals surface area contributed by atoms with Crippen molar-refractivity contribution in [2.24, 2.45) is 0 Å². The number of thioether (sulfide) groups is 1. The first-order chi connectivity index (χ1) is 17.0. The molecule has 0 bridgehead atoms. The number of rotatable bonds is 17. The van der Waals surface area contributed by atoms with Gasteiger partial charge in [-0.2, -0.15) is 86.4 Å². The summed E-state index contributed by atoms with van der Waals surface area (Å²) in [6.07, 6.45) is -6.61. The van der Waals surface area contributed by atoms with Gasteiger partial charge in [0.1, 0.15) is 0 Å². The van der Waals surface area contributed by atoms with Crippen molar-refractivity contribution in [3.05, 3.63) is 0 Å². The van der Waals surface area contributed by atoms with Crippen LogP contribution in [-0.2, 0) is 0 Å². The number of halogens is 17. The van der Waals surface area contributed by atoms with Crippen molar-refractivity contribution in [2.45, 2.75) is 86.7 Å². The van der Waals surface area contributed by atoms with Gasteiger partial charge in [-0.1, -0.05) is 19.8 Å². The van der Waals surface area contributed by atoms with Gasteiger partial charge >= 0.3 is 47.6 Å². The maximum absolute atomic E-state index is 13.9. The lowest BCUT2D eigenvalue weighted by atomic mass is 9.88. The summed E-state index contributed by atoms with van der Waals surface area (Å²) in [6.45, 7) is 2.81. The zero-order valence-electron chi connectivity index (χ0n) is 20.6. The van der Waals surface area contributed by atoms with Crippen molar-refractivity contribution >= 4 is 11.8 Å². The van der Waals surface area contributed by atoms with E-state index in [1.54, 1.807) is 14.1 Å². The maximum atomic E-state index is 13.9. The lowest BCUT2D eigenvalue weighted by Gasteiger charge is -2.42. The van der Waals surface area contributed by atoms with E-state index in [0.717, 1.165) is 25.7 Å². The van der Waals surface area contributed by atoms with Crippen molar-refractivity contribution in [1.82, 2.24) is 0 Å². The van der Waals surface area contributed by atoms with E-state index in [1.807, 2.05) is 6.92 Å². The molecule has 0 aromatic carbocycles. The third-order valence-electron chi connectivity index (χ3n) is 5.81. The fourth-order valence-electron chi connectivity index (χ4n) is 3.05. The van der Waals surface area contributed by atoms with Gasteiger partial charge in [0.05, 0.1) is 27.2 Å². The van der Waals surface area contributed by atoms with Crippen molar-refractivity contribution in [3.63, 3.8) is 0 Å². The Morgan fingerprint density at radius 1 is 0.487 bits per heavy atom. The monoisotopic (exact) mass is 636 g/mol. The van der Waals surface area contributed by atoms with Gasteiger partial charge in [-0.25, -0.2) is 0 Å². The molecule has 0 aliphatic rings. The lowest BCUT2D eigenvalue weighted by molar-refractivity contribution is -0.888. The molecule has 0 aliphatic heterocycles. The number of nitrogens with zero attached hydrogens (tertiary/aromatic N) is 1. The van der Waals surface area contributed by atoms with Gasteiger partial charge in [0.25, 0.3) is 0 Å². The van der Waals surface area contributed by atoms with Crippen molar-refractivity contribution in [1.29, 1.82) is 0 Å². The average Bonchev–Trinajstić information content (AvgIpc) is 2.74. The molecule has 236 valence electrons. The molecule has 0 unspecified atom stereocenters. The smallest absolute Gasteiger partial charge is 0.328 e. The van der Waals surface area contributed by atoms with E-state index in [1.165, 1.54) is 0 Å². The second kappa shape index (κ2) is 12.2. The summed E-state index contributed by atoms with van der Waals surface area (Å²) in [5.41, 5.74) is 0. The Morgan fingerprint density at radius 2 is 0.897 bits per heavy atom. The van der Waals surface area contributed by atoms with E-state index in [4.69, 9.17) is 0 Å².